The topological polar surface area (TPSA) is 101 Å². The van der Waals surface area contributed by atoms with E-state index in [1.165, 1.54) is 18.1 Å². The lowest BCUT2D eigenvalue weighted by atomic mass is 9.98. The zero-order valence-corrected chi connectivity index (χ0v) is 20.7. The van der Waals surface area contributed by atoms with Gasteiger partial charge in [-0.2, -0.15) is 5.26 Å². The lowest BCUT2D eigenvalue weighted by Gasteiger charge is -2.37. The molecule has 1 aromatic rings. The van der Waals surface area contributed by atoms with E-state index in [9.17, 15) is 14.9 Å². The molecule has 0 aromatic heterocycles. The standard InChI is InChI=1S/C25H35N3O6/c1-16-22(32-5)14-28(3)25(30)19-12-17(13-26)6-8-20(19)33-15-23-21(31-4)9-7-18(34-23)10-11-27(2)24(16)29/h6,8,12,16,18,21-23H,7,9-11,14-15H2,1-5H3/t16-,18-,21-,22-,23-/m1/s1. The number of nitrogens with zero attached hydrogens (tertiary/aromatic N) is 3. The van der Waals surface area contributed by atoms with Crippen molar-refractivity contribution in [2.45, 2.75) is 50.6 Å². The summed E-state index contributed by atoms with van der Waals surface area (Å²) in [5.41, 5.74) is 0.636. The van der Waals surface area contributed by atoms with Gasteiger partial charge in [-0.25, -0.2) is 0 Å². The Hall–Kier alpha value is -2.67. The molecular formula is C25H35N3O6. The highest BCUT2D eigenvalue weighted by atomic mass is 16.6. The number of hydrogen-bond donors (Lipinski definition) is 0. The van der Waals surface area contributed by atoms with Gasteiger partial charge in [0.2, 0.25) is 5.91 Å². The van der Waals surface area contributed by atoms with E-state index in [1.54, 1.807) is 38.2 Å². The minimum Gasteiger partial charge on any atom is -0.490 e. The predicted molar refractivity (Wildman–Crippen MR) is 125 cm³/mol. The third kappa shape index (κ3) is 5.87. The van der Waals surface area contributed by atoms with Crippen LogP contribution in [0, 0.1) is 17.2 Å². The molecule has 186 valence electrons. The zero-order chi connectivity index (χ0) is 24.8. The van der Waals surface area contributed by atoms with Crippen molar-refractivity contribution in [3.8, 4) is 11.8 Å². The normalized spacial score (nSPS) is 29.2. The van der Waals surface area contributed by atoms with Gasteiger partial charge in [0.05, 0.1) is 41.4 Å². The second-order valence-electron chi connectivity index (χ2n) is 9.08. The van der Waals surface area contributed by atoms with E-state index in [1.807, 2.05) is 6.92 Å². The molecule has 0 aliphatic carbocycles. The van der Waals surface area contributed by atoms with Gasteiger partial charge in [0.1, 0.15) is 18.5 Å². The summed E-state index contributed by atoms with van der Waals surface area (Å²) in [6, 6.07) is 6.86. The van der Waals surface area contributed by atoms with Crippen molar-refractivity contribution < 1.29 is 28.5 Å². The van der Waals surface area contributed by atoms with Crippen LogP contribution in [0.4, 0.5) is 0 Å². The molecule has 0 spiro atoms. The van der Waals surface area contributed by atoms with Gasteiger partial charge in [0, 0.05) is 41.4 Å². The first-order valence-corrected chi connectivity index (χ1v) is 11.7. The van der Waals surface area contributed by atoms with Crippen molar-refractivity contribution in [1.29, 1.82) is 5.26 Å². The van der Waals surface area contributed by atoms with Gasteiger partial charge in [-0.15, -0.1) is 0 Å². The van der Waals surface area contributed by atoms with Crippen molar-refractivity contribution in [1.82, 2.24) is 9.80 Å². The van der Waals surface area contributed by atoms with E-state index in [0.717, 1.165) is 12.8 Å². The maximum Gasteiger partial charge on any atom is 0.257 e. The maximum absolute atomic E-state index is 13.4. The first-order chi connectivity index (χ1) is 16.3. The van der Waals surface area contributed by atoms with Crippen LogP contribution in [0.5, 0.6) is 5.75 Å². The van der Waals surface area contributed by atoms with Gasteiger partial charge in [-0.3, -0.25) is 9.59 Å². The fourth-order valence-corrected chi connectivity index (χ4v) is 4.58. The Labute approximate surface area is 201 Å². The van der Waals surface area contributed by atoms with Gasteiger partial charge in [0.15, 0.2) is 0 Å². The number of carbonyl (C=O) groups excluding carboxylic acids is 2. The highest BCUT2D eigenvalue weighted by Crippen LogP contribution is 2.28. The molecule has 1 fully saturated rings. The summed E-state index contributed by atoms with van der Waals surface area (Å²) in [7, 11) is 6.62. The molecule has 5 atom stereocenters. The monoisotopic (exact) mass is 473 g/mol. The molecule has 34 heavy (non-hydrogen) atoms. The summed E-state index contributed by atoms with van der Waals surface area (Å²) < 4.78 is 23.6. The van der Waals surface area contributed by atoms with Crippen LogP contribution in [0.2, 0.25) is 0 Å². The molecule has 1 aromatic carbocycles. The summed E-state index contributed by atoms with van der Waals surface area (Å²) in [6.45, 7) is 2.80. The molecule has 9 nitrogen and oxygen atoms in total. The Morgan fingerprint density at radius 1 is 1.06 bits per heavy atom. The third-order valence-corrected chi connectivity index (χ3v) is 6.81. The van der Waals surface area contributed by atoms with Crippen molar-refractivity contribution in [3.63, 3.8) is 0 Å². The van der Waals surface area contributed by atoms with Crippen LogP contribution in [0.3, 0.4) is 0 Å². The molecule has 2 aliphatic heterocycles. The van der Waals surface area contributed by atoms with E-state index in [0.29, 0.717) is 24.3 Å². The van der Waals surface area contributed by atoms with Crippen LogP contribution in [0.1, 0.15) is 42.1 Å². The fraction of sp³-hybridized carbons (Fsp3) is 0.640. The highest BCUT2D eigenvalue weighted by Gasteiger charge is 2.34. The molecule has 2 aliphatic rings. The summed E-state index contributed by atoms with van der Waals surface area (Å²) in [5.74, 6) is -0.434. The lowest BCUT2D eigenvalue weighted by Crippen LogP contribution is -2.47. The van der Waals surface area contributed by atoms with Gasteiger partial charge >= 0.3 is 0 Å². The summed E-state index contributed by atoms with van der Waals surface area (Å²) in [4.78, 5) is 29.7. The van der Waals surface area contributed by atoms with Gasteiger partial charge in [-0.05, 0) is 37.5 Å². The number of carbonyl (C=O) groups is 2. The molecule has 0 radical (unpaired) electrons. The minimum absolute atomic E-state index is 0.0233. The number of amides is 2. The second-order valence-corrected chi connectivity index (χ2v) is 9.08. The van der Waals surface area contributed by atoms with Crippen molar-refractivity contribution in [2.75, 3.05) is 48.0 Å². The summed E-state index contributed by atoms with van der Waals surface area (Å²) in [5, 5.41) is 9.36. The first-order valence-electron chi connectivity index (χ1n) is 11.7. The van der Waals surface area contributed by atoms with Crippen molar-refractivity contribution in [2.24, 2.45) is 5.92 Å². The highest BCUT2D eigenvalue weighted by molar-refractivity contribution is 5.97. The van der Waals surface area contributed by atoms with E-state index in [-0.39, 0.29) is 48.8 Å². The van der Waals surface area contributed by atoms with Crippen molar-refractivity contribution >= 4 is 11.8 Å². The van der Waals surface area contributed by atoms with Crippen molar-refractivity contribution in [3.05, 3.63) is 29.3 Å². The Balaban J connectivity index is 1.96. The average Bonchev–Trinajstić information content (AvgIpc) is 2.86. The second kappa shape index (κ2) is 11.6. The molecule has 1 saturated heterocycles. The number of hydrogen-bond acceptors (Lipinski definition) is 7. The van der Waals surface area contributed by atoms with Crippen LogP contribution >= 0.6 is 0 Å². The molecule has 0 saturated carbocycles. The number of rotatable bonds is 2. The van der Waals surface area contributed by atoms with Gasteiger partial charge < -0.3 is 28.7 Å². The Kier molecular flexibility index (Phi) is 8.89. The molecule has 3 rings (SSSR count). The quantitative estimate of drug-likeness (QED) is 0.648. The zero-order valence-electron chi connectivity index (χ0n) is 20.7. The smallest absolute Gasteiger partial charge is 0.257 e. The molecule has 2 amide bonds. The maximum atomic E-state index is 13.4. The van der Waals surface area contributed by atoms with Gasteiger partial charge in [-0.1, -0.05) is 6.92 Å². The Morgan fingerprint density at radius 3 is 2.47 bits per heavy atom. The van der Waals surface area contributed by atoms with E-state index in [2.05, 4.69) is 6.07 Å². The molecule has 2 heterocycles. The van der Waals surface area contributed by atoms with Crippen LogP contribution in [0.25, 0.3) is 0 Å². The predicted octanol–water partition coefficient (Wildman–Crippen LogP) is 2.08. The van der Waals surface area contributed by atoms with E-state index in [4.69, 9.17) is 18.9 Å². The fourth-order valence-electron chi connectivity index (χ4n) is 4.58. The minimum atomic E-state index is -0.488. The SMILES string of the molecule is CO[C@@H]1CC[C@@H]2CCN(C)C(=O)[C@H](C)[C@H](OC)CN(C)C(=O)c3cc(C#N)ccc3OC[C@H]1O2. The number of fused-ring (bicyclic) bond motifs is 3. The summed E-state index contributed by atoms with van der Waals surface area (Å²) in [6.07, 6.45) is 1.40. The van der Waals surface area contributed by atoms with E-state index >= 15 is 0 Å². The third-order valence-electron chi connectivity index (χ3n) is 6.81. The number of benzene rings is 1. The summed E-state index contributed by atoms with van der Waals surface area (Å²) >= 11 is 0. The number of methoxy groups -OCH3 is 2. The average molecular weight is 474 g/mol. The van der Waals surface area contributed by atoms with E-state index < -0.39 is 12.0 Å². The molecule has 0 N–H and O–H groups in total. The van der Waals surface area contributed by atoms with Crippen LogP contribution in [-0.4, -0.2) is 94.0 Å². The number of likely N-dealkylation sites (N-methyl/N-ethyl adjacent to an activating group) is 1. The molecular weight excluding hydrogens is 438 g/mol. The van der Waals surface area contributed by atoms with Gasteiger partial charge in [0.25, 0.3) is 5.91 Å². The number of ether oxygens (including phenoxy) is 4. The molecule has 2 bridgehead atoms. The largest absolute Gasteiger partial charge is 0.490 e. The Morgan fingerprint density at radius 2 is 1.79 bits per heavy atom. The lowest BCUT2D eigenvalue weighted by molar-refractivity contribution is -0.147. The van der Waals surface area contributed by atoms with Crippen LogP contribution < -0.4 is 4.74 Å². The molecule has 9 heteroatoms. The molecule has 0 unspecified atom stereocenters. The van der Waals surface area contributed by atoms with Crippen LogP contribution in [-0.2, 0) is 19.0 Å². The van der Waals surface area contributed by atoms with Crippen LogP contribution in [0.15, 0.2) is 18.2 Å². The first kappa shape index (κ1) is 25.9. The Bertz CT molecular complexity index is 916. The number of nitriles is 1.